The number of aryl methyl sites for hydroxylation is 1. The molecule has 1 aromatic heterocycles. The molecule has 10 heteroatoms. The number of hydrogen-bond acceptors (Lipinski definition) is 5. The van der Waals surface area contributed by atoms with E-state index in [0.29, 0.717) is 35.7 Å². The van der Waals surface area contributed by atoms with Gasteiger partial charge in [0.2, 0.25) is 11.8 Å². The second kappa shape index (κ2) is 9.81. The van der Waals surface area contributed by atoms with Crippen LogP contribution in [0.1, 0.15) is 37.9 Å². The van der Waals surface area contributed by atoms with Gasteiger partial charge in [0.25, 0.3) is 5.96 Å². The molecule has 2 aliphatic heterocycles. The first-order valence-corrected chi connectivity index (χ1v) is 11.3. The first-order valence-electron chi connectivity index (χ1n) is 11.3. The van der Waals surface area contributed by atoms with E-state index in [0.717, 1.165) is 44.2 Å². The third-order valence-electron chi connectivity index (χ3n) is 6.16. The Kier molecular flexibility index (Phi) is 6.68. The molecule has 0 bridgehead atoms. The number of anilines is 2. The Bertz CT molecular complexity index is 1110. The molecule has 4 rings (SSSR count). The molecule has 1 unspecified atom stereocenters. The Morgan fingerprint density at radius 3 is 2.79 bits per heavy atom. The van der Waals surface area contributed by atoms with Crippen LogP contribution in [-0.2, 0) is 9.59 Å². The van der Waals surface area contributed by atoms with Crippen molar-refractivity contribution in [3.63, 3.8) is 0 Å². The van der Waals surface area contributed by atoms with Crippen molar-refractivity contribution in [2.24, 2.45) is 4.99 Å². The predicted octanol–water partition coefficient (Wildman–Crippen LogP) is 2.52. The second-order valence-corrected chi connectivity index (χ2v) is 8.47. The summed E-state index contributed by atoms with van der Waals surface area (Å²) in [7, 11) is 0. The van der Waals surface area contributed by atoms with Crippen molar-refractivity contribution < 1.29 is 14.0 Å². The summed E-state index contributed by atoms with van der Waals surface area (Å²) in [5.74, 6) is 0.623. The molecule has 2 fully saturated rings. The van der Waals surface area contributed by atoms with Crippen LogP contribution in [-0.4, -0.2) is 59.8 Å². The van der Waals surface area contributed by atoms with Gasteiger partial charge in [-0.1, -0.05) is 5.43 Å². The van der Waals surface area contributed by atoms with Gasteiger partial charge in [-0.05, 0) is 57.2 Å². The van der Waals surface area contributed by atoms with Crippen molar-refractivity contribution >= 4 is 40.1 Å². The molecular weight excluding hydrogens is 422 g/mol. The molecular formula is C23H29N7O3. The van der Waals surface area contributed by atoms with E-state index in [-0.39, 0.29) is 24.3 Å². The van der Waals surface area contributed by atoms with Gasteiger partial charge < -0.3 is 25.3 Å². The summed E-state index contributed by atoms with van der Waals surface area (Å²) >= 11 is 0. The Labute approximate surface area is 192 Å². The van der Waals surface area contributed by atoms with Crippen LogP contribution in [0.5, 0.6) is 0 Å². The summed E-state index contributed by atoms with van der Waals surface area (Å²) in [5.41, 5.74) is 10.5. The van der Waals surface area contributed by atoms with E-state index in [9.17, 15) is 9.59 Å². The van der Waals surface area contributed by atoms with Crippen LogP contribution in [0.4, 0.5) is 11.4 Å². The van der Waals surface area contributed by atoms with E-state index in [1.807, 2.05) is 11.0 Å². The number of benzene rings is 1. The number of rotatable bonds is 4. The second-order valence-electron chi connectivity index (χ2n) is 8.47. The van der Waals surface area contributed by atoms with Gasteiger partial charge in [-0.2, -0.15) is 11.5 Å². The summed E-state index contributed by atoms with van der Waals surface area (Å²) in [5, 5.41) is 3.84. The number of aliphatic imine (C=N–C) groups is 1. The largest absolute Gasteiger partial charge is 0.459 e. The lowest BCUT2D eigenvalue weighted by molar-refractivity contribution is -0.140. The highest BCUT2D eigenvalue weighted by atomic mass is 16.3. The van der Waals surface area contributed by atoms with E-state index < -0.39 is 6.04 Å². The van der Waals surface area contributed by atoms with Crippen molar-refractivity contribution in [3.05, 3.63) is 35.5 Å². The van der Waals surface area contributed by atoms with Crippen molar-refractivity contribution in [2.75, 3.05) is 37.2 Å². The fourth-order valence-corrected chi connectivity index (χ4v) is 4.34. The van der Waals surface area contributed by atoms with Gasteiger partial charge in [-0.15, -0.1) is 0 Å². The van der Waals surface area contributed by atoms with Crippen LogP contribution in [0.25, 0.3) is 15.9 Å². The number of carbonyl (C=O) groups excluding carboxylic acids is 2. The lowest BCUT2D eigenvalue weighted by Gasteiger charge is -2.25. The van der Waals surface area contributed by atoms with Crippen LogP contribution in [0.3, 0.4) is 0 Å². The van der Waals surface area contributed by atoms with E-state index in [1.54, 1.807) is 24.0 Å². The van der Waals surface area contributed by atoms with Crippen molar-refractivity contribution in [1.82, 2.24) is 15.2 Å². The maximum Gasteiger partial charge on any atom is 0.267 e. The Morgan fingerprint density at radius 1 is 1.27 bits per heavy atom. The molecule has 4 N–H and O–H groups in total. The number of nitrogens with zero attached hydrogens (tertiary/aromatic N) is 4. The fraction of sp³-hybridized carbons (Fsp3) is 0.478. The molecule has 2 amide bonds. The Morgan fingerprint density at radius 2 is 2.03 bits per heavy atom. The minimum absolute atomic E-state index is 0.00981. The summed E-state index contributed by atoms with van der Waals surface area (Å²) in [6.45, 7) is 11.2. The lowest BCUT2D eigenvalue weighted by atomic mass is 10.1. The van der Waals surface area contributed by atoms with E-state index in [4.69, 9.17) is 16.7 Å². The molecule has 174 valence electrons. The van der Waals surface area contributed by atoms with Crippen molar-refractivity contribution in [1.29, 1.82) is 0 Å². The average Bonchev–Trinajstić information content (AvgIpc) is 3.39. The van der Waals surface area contributed by atoms with Gasteiger partial charge in [-0.25, -0.2) is 4.99 Å². The molecule has 1 atom stereocenters. The Hall–Kier alpha value is -3.74. The van der Waals surface area contributed by atoms with Gasteiger partial charge in [-0.3, -0.25) is 9.59 Å². The number of carbonyl (C=O) groups is 2. The SMILES string of the molecule is [C-]#[N+]NC(=NC1CCCCN(CC(=O)N2CCCC2)C1=O)Nc1ccc2oc(C)c(N)c2c1. The lowest BCUT2D eigenvalue weighted by Crippen LogP contribution is -2.45. The number of furan rings is 1. The summed E-state index contributed by atoms with van der Waals surface area (Å²) in [4.78, 5) is 37.0. The van der Waals surface area contributed by atoms with Crippen molar-refractivity contribution in [3.8, 4) is 0 Å². The van der Waals surface area contributed by atoms with Gasteiger partial charge >= 0.3 is 0 Å². The van der Waals surface area contributed by atoms with Gasteiger partial charge in [0.05, 0.1) is 12.2 Å². The standard InChI is InChI=1S/C23H29N7O3/c1-15-21(24)17-13-16(8-9-19(17)33-15)26-23(28-25-2)27-18-7-3-4-12-30(22(18)32)14-20(31)29-10-5-6-11-29/h8-9,13,18H,3-7,10-12,14,24H2,1H3,(H2,26,27,28). The molecule has 3 heterocycles. The average molecular weight is 452 g/mol. The zero-order valence-electron chi connectivity index (χ0n) is 18.8. The topological polar surface area (TPSA) is 121 Å². The summed E-state index contributed by atoms with van der Waals surface area (Å²) in [6, 6.07) is 4.74. The zero-order chi connectivity index (χ0) is 23.4. The summed E-state index contributed by atoms with van der Waals surface area (Å²) < 4.78 is 5.61. The molecule has 2 aliphatic rings. The number of nitrogens with two attached hydrogens (primary N) is 1. The Balaban J connectivity index is 1.51. The first-order chi connectivity index (χ1) is 16.0. The third kappa shape index (κ3) is 5.03. The van der Waals surface area contributed by atoms with E-state index in [1.165, 1.54) is 0 Å². The number of hydrogen-bond donors (Lipinski definition) is 3. The first kappa shape index (κ1) is 22.5. The molecule has 0 saturated carbocycles. The molecule has 0 aliphatic carbocycles. The maximum absolute atomic E-state index is 13.2. The van der Waals surface area contributed by atoms with Crippen LogP contribution in [0.2, 0.25) is 0 Å². The number of guanidine groups is 1. The molecule has 33 heavy (non-hydrogen) atoms. The quantitative estimate of drug-likeness (QED) is 0.284. The number of nitrogen functional groups attached to an aromatic ring is 1. The molecule has 2 aromatic rings. The molecule has 0 spiro atoms. The van der Waals surface area contributed by atoms with Gasteiger partial charge in [0.15, 0.2) is 0 Å². The minimum atomic E-state index is -0.666. The highest BCUT2D eigenvalue weighted by Gasteiger charge is 2.30. The van der Waals surface area contributed by atoms with Crippen LogP contribution in [0.15, 0.2) is 27.6 Å². The van der Waals surface area contributed by atoms with Gasteiger partial charge in [0, 0.05) is 30.7 Å². The zero-order valence-corrected chi connectivity index (χ0v) is 18.8. The molecule has 2 saturated heterocycles. The third-order valence-corrected chi connectivity index (χ3v) is 6.16. The van der Waals surface area contributed by atoms with Crippen molar-refractivity contribution in [2.45, 2.75) is 45.1 Å². The monoisotopic (exact) mass is 451 g/mol. The van der Waals surface area contributed by atoms with E-state index >= 15 is 0 Å². The van der Waals surface area contributed by atoms with Crippen LogP contribution < -0.4 is 16.5 Å². The normalized spacial score (nSPS) is 19.5. The minimum Gasteiger partial charge on any atom is -0.459 e. The number of nitrogens with one attached hydrogen (secondary N) is 2. The highest BCUT2D eigenvalue weighted by molar-refractivity contribution is 6.00. The molecule has 1 aromatic carbocycles. The number of fused-ring (bicyclic) bond motifs is 1. The highest BCUT2D eigenvalue weighted by Crippen LogP contribution is 2.30. The number of amides is 2. The summed E-state index contributed by atoms with van der Waals surface area (Å²) in [6.07, 6.45) is 4.22. The van der Waals surface area contributed by atoms with Gasteiger partial charge in [0.1, 0.15) is 17.4 Å². The van der Waals surface area contributed by atoms with Crippen LogP contribution >= 0.6 is 0 Å². The maximum atomic E-state index is 13.2. The molecule has 10 nitrogen and oxygen atoms in total. The smallest absolute Gasteiger partial charge is 0.267 e. The van der Waals surface area contributed by atoms with E-state index in [2.05, 4.69) is 20.7 Å². The predicted molar refractivity (Wildman–Crippen MR) is 126 cm³/mol. The number of likely N-dealkylation sites (tertiary alicyclic amines) is 2. The fourth-order valence-electron chi connectivity index (χ4n) is 4.34. The van der Waals surface area contributed by atoms with Crippen LogP contribution in [0, 0.1) is 13.5 Å². The molecule has 0 radical (unpaired) electrons.